The lowest BCUT2D eigenvalue weighted by atomic mass is 10.1. The highest BCUT2D eigenvalue weighted by Gasteiger charge is 2.27. The first-order valence-electron chi connectivity index (χ1n) is 7.45. The van der Waals surface area contributed by atoms with E-state index in [2.05, 4.69) is 29.3 Å². The lowest BCUT2D eigenvalue weighted by molar-refractivity contribution is -0.115. The second-order valence-electron chi connectivity index (χ2n) is 5.84. The van der Waals surface area contributed by atoms with Crippen molar-refractivity contribution in [2.24, 2.45) is 0 Å². The SMILES string of the molecule is Cc1ccc(NC(=O)CN2c3ccccc3C[C@@H]2C)c(Cl)c1. The van der Waals surface area contributed by atoms with Crippen LogP contribution in [-0.2, 0) is 11.2 Å². The number of fused-ring (bicyclic) bond motifs is 1. The summed E-state index contributed by atoms with van der Waals surface area (Å²) in [6, 6.07) is 14.2. The summed E-state index contributed by atoms with van der Waals surface area (Å²) in [6.07, 6.45) is 0.981. The van der Waals surface area contributed by atoms with Gasteiger partial charge in [-0.05, 0) is 49.6 Å². The molecule has 0 unspecified atom stereocenters. The van der Waals surface area contributed by atoms with Gasteiger partial charge in [0.25, 0.3) is 0 Å². The van der Waals surface area contributed by atoms with Crippen LogP contribution in [0.4, 0.5) is 11.4 Å². The van der Waals surface area contributed by atoms with Gasteiger partial charge in [-0.1, -0.05) is 35.9 Å². The highest BCUT2D eigenvalue weighted by atomic mass is 35.5. The topological polar surface area (TPSA) is 32.3 Å². The van der Waals surface area contributed by atoms with E-state index in [4.69, 9.17) is 11.6 Å². The Kier molecular flexibility index (Phi) is 4.08. The monoisotopic (exact) mass is 314 g/mol. The summed E-state index contributed by atoms with van der Waals surface area (Å²) in [4.78, 5) is 14.5. The predicted octanol–water partition coefficient (Wildman–Crippen LogP) is 4.04. The van der Waals surface area contributed by atoms with Crippen LogP contribution in [0.2, 0.25) is 5.02 Å². The fourth-order valence-corrected chi connectivity index (χ4v) is 3.22. The van der Waals surface area contributed by atoms with Crippen LogP contribution in [0.1, 0.15) is 18.1 Å². The molecule has 0 aliphatic carbocycles. The van der Waals surface area contributed by atoms with Gasteiger partial charge in [-0.15, -0.1) is 0 Å². The maximum atomic E-state index is 12.3. The number of carbonyl (C=O) groups is 1. The Morgan fingerprint density at radius 3 is 2.86 bits per heavy atom. The number of aryl methyl sites for hydroxylation is 1. The van der Waals surface area contributed by atoms with Crippen molar-refractivity contribution in [3.63, 3.8) is 0 Å². The van der Waals surface area contributed by atoms with Crippen molar-refractivity contribution in [1.29, 1.82) is 0 Å². The maximum Gasteiger partial charge on any atom is 0.243 e. The molecule has 0 fully saturated rings. The molecule has 3 nitrogen and oxygen atoms in total. The van der Waals surface area contributed by atoms with E-state index in [0.717, 1.165) is 17.7 Å². The molecule has 0 spiro atoms. The second-order valence-corrected chi connectivity index (χ2v) is 6.25. The maximum absolute atomic E-state index is 12.3. The van der Waals surface area contributed by atoms with Gasteiger partial charge in [0.1, 0.15) is 0 Å². The van der Waals surface area contributed by atoms with Crippen LogP contribution in [0, 0.1) is 6.92 Å². The lowest BCUT2D eigenvalue weighted by Crippen LogP contribution is -2.37. The highest BCUT2D eigenvalue weighted by Crippen LogP contribution is 2.31. The Bertz CT molecular complexity index is 714. The van der Waals surface area contributed by atoms with E-state index < -0.39 is 0 Å². The molecule has 3 rings (SSSR count). The molecule has 4 heteroatoms. The molecule has 0 saturated carbocycles. The van der Waals surface area contributed by atoms with Crippen molar-refractivity contribution in [1.82, 2.24) is 0 Å². The number of nitrogens with one attached hydrogen (secondary N) is 1. The van der Waals surface area contributed by atoms with Crippen LogP contribution in [0.3, 0.4) is 0 Å². The van der Waals surface area contributed by atoms with E-state index >= 15 is 0 Å². The third-order valence-corrected chi connectivity index (χ3v) is 4.37. The standard InChI is InChI=1S/C18H19ClN2O/c1-12-7-8-16(15(19)9-12)20-18(22)11-21-13(2)10-14-5-3-4-6-17(14)21/h3-9,13H,10-11H2,1-2H3,(H,20,22)/t13-/m0/s1. The number of hydrogen-bond donors (Lipinski definition) is 1. The largest absolute Gasteiger partial charge is 0.359 e. The van der Waals surface area contributed by atoms with Gasteiger partial charge in [-0.25, -0.2) is 0 Å². The fourth-order valence-electron chi connectivity index (χ4n) is 2.94. The summed E-state index contributed by atoms with van der Waals surface area (Å²) in [5, 5.41) is 3.48. The quantitative estimate of drug-likeness (QED) is 0.927. The summed E-state index contributed by atoms with van der Waals surface area (Å²) in [5.41, 5.74) is 4.19. The van der Waals surface area contributed by atoms with E-state index in [1.807, 2.05) is 37.3 Å². The van der Waals surface area contributed by atoms with Gasteiger partial charge in [-0.3, -0.25) is 4.79 Å². The normalized spacial score (nSPS) is 16.5. The molecule has 1 atom stereocenters. The molecule has 0 bridgehead atoms. The Balaban J connectivity index is 1.72. The number of carbonyl (C=O) groups excluding carboxylic acids is 1. The van der Waals surface area contributed by atoms with Gasteiger partial charge >= 0.3 is 0 Å². The molecule has 0 aromatic heterocycles. The van der Waals surface area contributed by atoms with Crippen LogP contribution >= 0.6 is 11.6 Å². The van der Waals surface area contributed by atoms with Gasteiger partial charge in [0.05, 0.1) is 17.3 Å². The zero-order valence-corrected chi connectivity index (χ0v) is 13.5. The summed E-state index contributed by atoms with van der Waals surface area (Å²) in [5.74, 6) is -0.0469. The van der Waals surface area contributed by atoms with Crippen molar-refractivity contribution in [3.8, 4) is 0 Å². The minimum atomic E-state index is -0.0469. The van der Waals surface area contributed by atoms with Crippen molar-refractivity contribution in [2.75, 3.05) is 16.8 Å². The van der Waals surface area contributed by atoms with Crippen molar-refractivity contribution >= 4 is 28.9 Å². The van der Waals surface area contributed by atoms with Gasteiger partial charge in [0, 0.05) is 11.7 Å². The molecule has 1 N–H and O–H groups in total. The van der Waals surface area contributed by atoms with Crippen LogP contribution in [0.15, 0.2) is 42.5 Å². The molecule has 0 radical (unpaired) electrons. The van der Waals surface area contributed by atoms with Crippen molar-refractivity contribution in [2.45, 2.75) is 26.3 Å². The Morgan fingerprint density at radius 2 is 2.09 bits per heavy atom. The summed E-state index contributed by atoms with van der Waals surface area (Å²) < 4.78 is 0. The Morgan fingerprint density at radius 1 is 1.32 bits per heavy atom. The zero-order valence-electron chi connectivity index (χ0n) is 12.8. The predicted molar refractivity (Wildman–Crippen MR) is 91.8 cm³/mol. The number of nitrogens with zero attached hydrogens (tertiary/aromatic N) is 1. The van der Waals surface area contributed by atoms with Gasteiger partial charge in [0.2, 0.25) is 5.91 Å². The third-order valence-electron chi connectivity index (χ3n) is 4.06. The number of amides is 1. The molecule has 2 aromatic carbocycles. The molecule has 114 valence electrons. The second kappa shape index (κ2) is 6.01. The van der Waals surface area contributed by atoms with E-state index in [9.17, 15) is 4.79 Å². The average molecular weight is 315 g/mol. The molecule has 1 aliphatic rings. The van der Waals surface area contributed by atoms with Crippen molar-refractivity contribution < 1.29 is 4.79 Å². The zero-order chi connectivity index (χ0) is 15.7. The van der Waals surface area contributed by atoms with E-state index in [-0.39, 0.29) is 5.91 Å². The molecule has 1 amide bonds. The average Bonchev–Trinajstić information content (AvgIpc) is 2.78. The number of rotatable bonds is 3. The van der Waals surface area contributed by atoms with Crippen LogP contribution in [0.25, 0.3) is 0 Å². The van der Waals surface area contributed by atoms with Crippen molar-refractivity contribution in [3.05, 3.63) is 58.6 Å². The first-order chi connectivity index (χ1) is 10.5. The van der Waals surface area contributed by atoms with Crippen LogP contribution < -0.4 is 10.2 Å². The summed E-state index contributed by atoms with van der Waals surface area (Å²) in [7, 11) is 0. The van der Waals surface area contributed by atoms with E-state index in [1.165, 1.54) is 5.56 Å². The molecule has 1 aliphatic heterocycles. The number of halogens is 1. The minimum Gasteiger partial charge on any atom is -0.359 e. The molecule has 0 saturated heterocycles. The molecular formula is C18H19ClN2O. The van der Waals surface area contributed by atoms with Crippen LogP contribution in [-0.4, -0.2) is 18.5 Å². The number of para-hydroxylation sites is 1. The van der Waals surface area contributed by atoms with E-state index in [0.29, 0.717) is 23.3 Å². The lowest BCUT2D eigenvalue weighted by Gasteiger charge is -2.24. The highest BCUT2D eigenvalue weighted by molar-refractivity contribution is 6.33. The molecular weight excluding hydrogens is 296 g/mol. The van der Waals surface area contributed by atoms with Gasteiger partial charge < -0.3 is 10.2 Å². The number of anilines is 2. The Labute approximate surface area is 135 Å². The third kappa shape index (κ3) is 2.95. The smallest absolute Gasteiger partial charge is 0.243 e. The molecule has 22 heavy (non-hydrogen) atoms. The fraction of sp³-hybridized carbons (Fsp3) is 0.278. The molecule has 2 aromatic rings. The first-order valence-corrected chi connectivity index (χ1v) is 7.83. The summed E-state index contributed by atoms with van der Waals surface area (Å²) >= 11 is 6.17. The number of hydrogen-bond acceptors (Lipinski definition) is 2. The molecule has 1 heterocycles. The Hall–Kier alpha value is -2.00. The minimum absolute atomic E-state index is 0.0469. The summed E-state index contributed by atoms with van der Waals surface area (Å²) in [6.45, 7) is 4.45. The van der Waals surface area contributed by atoms with Crippen LogP contribution in [0.5, 0.6) is 0 Å². The first kappa shape index (κ1) is 14.9. The van der Waals surface area contributed by atoms with E-state index in [1.54, 1.807) is 0 Å². The number of benzene rings is 2. The van der Waals surface area contributed by atoms with Gasteiger partial charge in [-0.2, -0.15) is 0 Å². The van der Waals surface area contributed by atoms with Gasteiger partial charge in [0.15, 0.2) is 0 Å².